The quantitative estimate of drug-likeness (QED) is 0.401. The first kappa shape index (κ1) is 28.0. The van der Waals surface area contributed by atoms with Crippen molar-refractivity contribution in [2.24, 2.45) is 0 Å². The number of benzene rings is 2. The van der Waals surface area contributed by atoms with Crippen LogP contribution in [0, 0.1) is 0 Å². The van der Waals surface area contributed by atoms with Crippen molar-refractivity contribution >= 4 is 0 Å². The number of aliphatic hydroxyl groups is 1. The van der Waals surface area contributed by atoms with Gasteiger partial charge in [-0.3, -0.25) is 9.58 Å². The molecule has 0 amide bonds. The zero-order valence-corrected chi connectivity index (χ0v) is 20.1. The number of alkyl halides is 6. The van der Waals surface area contributed by atoms with Gasteiger partial charge in [0, 0.05) is 6.54 Å². The molecule has 13 heteroatoms. The molecule has 7 nitrogen and oxygen atoms in total. The van der Waals surface area contributed by atoms with Crippen molar-refractivity contribution < 1.29 is 40.9 Å². The Morgan fingerprint density at radius 3 is 2.32 bits per heavy atom. The third-order valence-electron chi connectivity index (χ3n) is 6.03. The van der Waals surface area contributed by atoms with Crippen LogP contribution in [0.4, 0.5) is 26.3 Å². The summed E-state index contributed by atoms with van der Waals surface area (Å²) < 4.78 is 92.5. The van der Waals surface area contributed by atoms with Crippen molar-refractivity contribution in [1.29, 1.82) is 0 Å². The predicted molar refractivity (Wildman–Crippen MR) is 123 cm³/mol. The number of aliphatic hydroxyl groups excluding tert-OH is 1. The molecule has 4 rings (SSSR count). The first-order valence-corrected chi connectivity index (χ1v) is 11.8. The lowest BCUT2D eigenvalue weighted by Crippen LogP contribution is -2.46. The van der Waals surface area contributed by atoms with Crippen molar-refractivity contribution in [3.8, 4) is 0 Å². The summed E-state index contributed by atoms with van der Waals surface area (Å²) in [6.07, 6.45) is -9.33. The second-order valence-electron chi connectivity index (χ2n) is 8.75. The fourth-order valence-electron chi connectivity index (χ4n) is 4.28. The van der Waals surface area contributed by atoms with Crippen LogP contribution in [-0.2, 0) is 41.3 Å². The zero-order chi connectivity index (χ0) is 27.3. The molecule has 1 aliphatic rings. The largest absolute Gasteiger partial charge is 0.416 e. The number of aromatic nitrogens is 3. The zero-order valence-electron chi connectivity index (χ0n) is 20.1. The number of halogens is 6. The average Bonchev–Trinajstić information content (AvgIpc) is 3.30. The highest BCUT2D eigenvalue weighted by Crippen LogP contribution is 2.37. The molecular weight excluding hydrogens is 518 g/mol. The second kappa shape index (κ2) is 11.8. The van der Waals surface area contributed by atoms with Crippen LogP contribution in [0.15, 0.2) is 54.9 Å². The lowest BCUT2D eigenvalue weighted by Gasteiger charge is -2.40. The molecule has 2 aromatic carbocycles. The number of ether oxygens (including phenoxy) is 2. The van der Waals surface area contributed by atoms with Gasteiger partial charge in [0.2, 0.25) is 0 Å². The van der Waals surface area contributed by atoms with E-state index in [1.165, 1.54) is 11.0 Å². The normalized spacial score (nSPS) is 19.1. The van der Waals surface area contributed by atoms with E-state index >= 15 is 0 Å². The summed E-state index contributed by atoms with van der Waals surface area (Å²) in [5.41, 5.74) is -2.02. The molecular formula is C25H26F6N4O3. The monoisotopic (exact) mass is 544 g/mol. The molecule has 2 heterocycles. The van der Waals surface area contributed by atoms with Gasteiger partial charge in [-0.05, 0) is 35.7 Å². The molecule has 1 aromatic heterocycles. The van der Waals surface area contributed by atoms with E-state index in [2.05, 4.69) is 10.1 Å². The molecule has 38 heavy (non-hydrogen) atoms. The molecule has 0 spiro atoms. The van der Waals surface area contributed by atoms with Crippen molar-refractivity contribution in [3.05, 3.63) is 82.9 Å². The molecule has 0 aliphatic carbocycles. The van der Waals surface area contributed by atoms with Gasteiger partial charge in [-0.2, -0.15) is 31.4 Å². The highest BCUT2D eigenvalue weighted by molar-refractivity contribution is 5.33. The lowest BCUT2D eigenvalue weighted by molar-refractivity contribution is -0.212. The summed E-state index contributed by atoms with van der Waals surface area (Å²) in [6.45, 7) is 1.19. The molecule has 0 bridgehead atoms. The van der Waals surface area contributed by atoms with Gasteiger partial charge in [0.05, 0.1) is 50.1 Å². The van der Waals surface area contributed by atoms with Gasteiger partial charge in [0.15, 0.2) is 12.1 Å². The highest BCUT2D eigenvalue weighted by atomic mass is 19.4. The van der Waals surface area contributed by atoms with Crippen molar-refractivity contribution in [3.63, 3.8) is 0 Å². The molecule has 1 saturated heterocycles. The van der Waals surface area contributed by atoms with Crippen molar-refractivity contribution in [2.45, 2.75) is 44.2 Å². The van der Waals surface area contributed by atoms with Crippen LogP contribution >= 0.6 is 0 Å². The Hall–Kier alpha value is -3.00. The van der Waals surface area contributed by atoms with Gasteiger partial charge in [-0.25, -0.2) is 4.98 Å². The minimum Gasteiger partial charge on any atom is -0.394 e. The van der Waals surface area contributed by atoms with Crippen LogP contribution in [-0.4, -0.2) is 57.4 Å². The summed E-state index contributed by atoms with van der Waals surface area (Å²) in [7, 11) is 0. The van der Waals surface area contributed by atoms with Gasteiger partial charge in [-0.1, -0.05) is 30.3 Å². The number of nitrogens with zero attached hydrogens (tertiary/aromatic N) is 4. The molecule has 1 fully saturated rings. The third kappa shape index (κ3) is 7.10. The molecule has 1 N–H and O–H groups in total. The fraction of sp³-hybridized carbons (Fsp3) is 0.440. The van der Waals surface area contributed by atoms with E-state index in [1.54, 1.807) is 0 Å². The molecule has 2 unspecified atom stereocenters. The maximum atomic E-state index is 13.2. The van der Waals surface area contributed by atoms with E-state index in [9.17, 15) is 26.3 Å². The van der Waals surface area contributed by atoms with Crippen LogP contribution in [0.1, 0.15) is 34.1 Å². The predicted octanol–water partition coefficient (Wildman–Crippen LogP) is 4.47. The first-order valence-electron chi connectivity index (χ1n) is 11.8. The van der Waals surface area contributed by atoms with Gasteiger partial charge < -0.3 is 14.6 Å². The average molecular weight is 544 g/mol. The maximum Gasteiger partial charge on any atom is 0.416 e. The Morgan fingerprint density at radius 1 is 1.00 bits per heavy atom. The Morgan fingerprint density at radius 2 is 1.68 bits per heavy atom. The number of morpholine rings is 1. The Balaban J connectivity index is 1.50. The topological polar surface area (TPSA) is 72.6 Å². The van der Waals surface area contributed by atoms with Crippen molar-refractivity contribution in [2.75, 3.05) is 26.4 Å². The number of hydrogen-bond acceptors (Lipinski definition) is 6. The van der Waals surface area contributed by atoms with E-state index < -0.39 is 35.8 Å². The minimum atomic E-state index is -4.92. The third-order valence-corrected chi connectivity index (χ3v) is 6.03. The minimum absolute atomic E-state index is 0.0841. The molecule has 1 aliphatic heterocycles. The molecule has 2 atom stereocenters. The highest BCUT2D eigenvalue weighted by Gasteiger charge is 2.37. The summed E-state index contributed by atoms with van der Waals surface area (Å²) in [4.78, 5) is 6.31. The van der Waals surface area contributed by atoms with Gasteiger partial charge in [-0.15, -0.1) is 0 Å². The van der Waals surface area contributed by atoms with Gasteiger partial charge in [0.25, 0.3) is 0 Å². The number of hydrogen-bond donors (Lipinski definition) is 1. The van der Waals surface area contributed by atoms with E-state index in [4.69, 9.17) is 14.6 Å². The SMILES string of the molecule is OCCn1cnc(CN2CCOC(OCCc3cc(C(F)(F)F)cc(C(F)(F)F)c3)C2c2ccccc2)n1. The maximum absolute atomic E-state index is 13.2. The molecule has 3 aromatic rings. The van der Waals surface area contributed by atoms with Crippen LogP contribution in [0.3, 0.4) is 0 Å². The lowest BCUT2D eigenvalue weighted by atomic mass is 10.0. The first-order chi connectivity index (χ1) is 18.0. The van der Waals surface area contributed by atoms with Gasteiger partial charge in [0.1, 0.15) is 6.33 Å². The van der Waals surface area contributed by atoms with Gasteiger partial charge >= 0.3 is 12.4 Å². The summed E-state index contributed by atoms with van der Waals surface area (Å²) in [5.74, 6) is 0.517. The number of rotatable bonds is 9. The van der Waals surface area contributed by atoms with Crippen molar-refractivity contribution in [1.82, 2.24) is 19.7 Å². The molecule has 0 saturated carbocycles. The van der Waals surface area contributed by atoms with E-state index in [1.807, 2.05) is 35.2 Å². The standard InChI is InChI=1S/C25H26F6N4O3/c26-24(27,28)19-12-17(13-20(14-19)25(29,30)31)6-10-37-23-22(18-4-2-1-3-5-18)34(8-11-38-23)15-21-32-16-35(33-21)7-9-36/h1-5,12-14,16,22-23,36H,6-11,15H2. The Labute approximate surface area is 214 Å². The summed E-state index contributed by atoms with van der Waals surface area (Å²) in [6, 6.07) is 10.4. The Kier molecular flexibility index (Phi) is 8.71. The van der Waals surface area contributed by atoms with Crippen LogP contribution in [0.25, 0.3) is 0 Å². The van der Waals surface area contributed by atoms with E-state index in [-0.39, 0.29) is 37.9 Å². The smallest absolute Gasteiger partial charge is 0.394 e. The summed E-state index contributed by atoms with van der Waals surface area (Å²) >= 11 is 0. The van der Waals surface area contributed by atoms with Crippen LogP contribution in [0.2, 0.25) is 0 Å². The van der Waals surface area contributed by atoms with Crippen LogP contribution < -0.4 is 0 Å². The van der Waals surface area contributed by atoms with Crippen LogP contribution in [0.5, 0.6) is 0 Å². The second-order valence-corrected chi connectivity index (χ2v) is 8.75. The van der Waals surface area contributed by atoms with E-state index in [0.29, 0.717) is 37.6 Å². The fourth-order valence-corrected chi connectivity index (χ4v) is 4.28. The molecule has 0 radical (unpaired) electrons. The Bertz CT molecular complexity index is 1150. The summed E-state index contributed by atoms with van der Waals surface area (Å²) in [5, 5.41) is 13.5. The molecule has 206 valence electrons. The van der Waals surface area contributed by atoms with E-state index in [0.717, 1.165) is 5.56 Å².